The van der Waals surface area contributed by atoms with Crippen LogP contribution in [0.15, 0.2) is 42.5 Å². The zero-order valence-corrected chi connectivity index (χ0v) is 18.5. The van der Waals surface area contributed by atoms with Gasteiger partial charge in [-0.15, -0.1) is 0 Å². The SMILES string of the molecule is Cc1c(Cl)cccc1N1CN(C(=O)CN(CC(C)C)C(=O)c2ccccc2F)CC1=O. The van der Waals surface area contributed by atoms with Gasteiger partial charge in [0.1, 0.15) is 25.6 Å². The van der Waals surface area contributed by atoms with E-state index in [0.29, 0.717) is 10.7 Å². The molecular weight excluding hydrogens is 421 g/mol. The Morgan fingerprint density at radius 3 is 2.55 bits per heavy atom. The van der Waals surface area contributed by atoms with E-state index in [4.69, 9.17) is 11.6 Å². The number of benzene rings is 2. The number of amides is 3. The second-order valence-corrected chi connectivity index (χ2v) is 8.41. The molecule has 0 aliphatic carbocycles. The first kappa shape index (κ1) is 22.7. The smallest absolute Gasteiger partial charge is 0.257 e. The van der Waals surface area contributed by atoms with E-state index >= 15 is 0 Å². The van der Waals surface area contributed by atoms with E-state index in [0.717, 1.165) is 5.56 Å². The van der Waals surface area contributed by atoms with Gasteiger partial charge in [-0.05, 0) is 42.7 Å². The molecule has 1 saturated heterocycles. The average Bonchev–Trinajstić information content (AvgIpc) is 3.10. The van der Waals surface area contributed by atoms with Crippen molar-refractivity contribution in [2.45, 2.75) is 20.8 Å². The van der Waals surface area contributed by atoms with Crippen molar-refractivity contribution in [1.29, 1.82) is 0 Å². The lowest BCUT2D eigenvalue weighted by Crippen LogP contribution is -2.44. The van der Waals surface area contributed by atoms with Crippen LogP contribution in [0, 0.1) is 18.7 Å². The van der Waals surface area contributed by atoms with Gasteiger partial charge in [-0.25, -0.2) is 4.39 Å². The van der Waals surface area contributed by atoms with Crippen LogP contribution in [0.25, 0.3) is 0 Å². The summed E-state index contributed by atoms with van der Waals surface area (Å²) in [6.07, 6.45) is 0. The van der Waals surface area contributed by atoms with Crippen LogP contribution in [0.2, 0.25) is 5.02 Å². The molecule has 0 bridgehead atoms. The molecule has 0 N–H and O–H groups in total. The number of hydrogen-bond donors (Lipinski definition) is 0. The molecule has 0 unspecified atom stereocenters. The normalized spacial score (nSPS) is 13.8. The maximum absolute atomic E-state index is 14.1. The van der Waals surface area contributed by atoms with Crippen LogP contribution in [-0.2, 0) is 9.59 Å². The quantitative estimate of drug-likeness (QED) is 0.680. The fourth-order valence-corrected chi connectivity index (χ4v) is 3.71. The lowest BCUT2D eigenvalue weighted by molar-refractivity contribution is -0.132. The topological polar surface area (TPSA) is 60.9 Å². The van der Waals surface area contributed by atoms with Crippen molar-refractivity contribution in [2.75, 3.05) is 31.2 Å². The van der Waals surface area contributed by atoms with E-state index in [1.54, 1.807) is 24.3 Å². The molecule has 0 aromatic heterocycles. The minimum absolute atomic E-state index is 0.0717. The van der Waals surface area contributed by atoms with Crippen LogP contribution in [0.4, 0.5) is 10.1 Å². The highest BCUT2D eigenvalue weighted by molar-refractivity contribution is 6.31. The van der Waals surface area contributed by atoms with Crippen molar-refractivity contribution in [3.8, 4) is 0 Å². The van der Waals surface area contributed by atoms with E-state index in [1.165, 1.54) is 32.9 Å². The first-order valence-corrected chi connectivity index (χ1v) is 10.4. The number of anilines is 1. The second-order valence-electron chi connectivity index (χ2n) is 8.00. The van der Waals surface area contributed by atoms with Gasteiger partial charge in [0, 0.05) is 17.3 Å². The Kier molecular flexibility index (Phi) is 6.95. The molecule has 3 amide bonds. The zero-order chi connectivity index (χ0) is 22.7. The molecule has 164 valence electrons. The number of rotatable bonds is 6. The van der Waals surface area contributed by atoms with Gasteiger partial charge in [-0.1, -0.05) is 43.6 Å². The second kappa shape index (κ2) is 9.47. The number of halogens is 2. The van der Waals surface area contributed by atoms with Gasteiger partial charge in [-0.2, -0.15) is 0 Å². The third kappa shape index (κ3) is 5.05. The van der Waals surface area contributed by atoms with Crippen molar-refractivity contribution in [1.82, 2.24) is 9.80 Å². The van der Waals surface area contributed by atoms with E-state index in [1.807, 2.05) is 20.8 Å². The molecule has 31 heavy (non-hydrogen) atoms. The van der Waals surface area contributed by atoms with Crippen LogP contribution in [0.3, 0.4) is 0 Å². The molecule has 1 heterocycles. The molecule has 8 heteroatoms. The molecule has 1 fully saturated rings. The highest BCUT2D eigenvalue weighted by Crippen LogP contribution is 2.28. The molecule has 0 saturated carbocycles. The summed E-state index contributed by atoms with van der Waals surface area (Å²) >= 11 is 6.17. The lowest BCUT2D eigenvalue weighted by Gasteiger charge is -2.27. The van der Waals surface area contributed by atoms with Crippen LogP contribution < -0.4 is 4.90 Å². The fraction of sp³-hybridized carbons (Fsp3) is 0.348. The molecule has 0 radical (unpaired) electrons. The van der Waals surface area contributed by atoms with E-state index in [9.17, 15) is 18.8 Å². The Balaban J connectivity index is 1.76. The van der Waals surface area contributed by atoms with Gasteiger partial charge in [0.05, 0.1) is 5.56 Å². The Morgan fingerprint density at radius 1 is 1.16 bits per heavy atom. The summed E-state index contributed by atoms with van der Waals surface area (Å²) in [4.78, 5) is 42.7. The van der Waals surface area contributed by atoms with Gasteiger partial charge in [0.2, 0.25) is 11.8 Å². The third-order valence-electron chi connectivity index (χ3n) is 5.13. The van der Waals surface area contributed by atoms with Crippen molar-refractivity contribution < 1.29 is 18.8 Å². The Labute approximate surface area is 186 Å². The molecule has 2 aromatic carbocycles. The van der Waals surface area contributed by atoms with Crippen molar-refractivity contribution >= 4 is 35.0 Å². The van der Waals surface area contributed by atoms with Crippen LogP contribution in [0.5, 0.6) is 0 Å². The van der Waals surface area contributed by atoms with Crippen LogP contribution >= 0.6 is 11.6 Å². The van der Waals surface area contributed by atoms with Crippen molar-refractivity contribution in [3.63, 3.8) is 0 Å². The maximum Gasteiger partial charge on any atom is 0.257 e. The number of nitrogens with zero attached hydrogens (tertiary/aromatic N) is 3. The molecule has 6 nitrogen and oxygen atoms in total. The summed E-state index contributed by atoms with van der Waals surface area (Å²) in [6, 6.07) is 11.0. The van der Waals surface area contributed by atoms with E-state index in [-0.39, 0.29) is 49.6 Å². The summed E-state index contributed by atoms with van der Waals surface area (Å²) < 4.78 is 14.1. The molecule has 1 aliphatic rings. The highest BCUT2D eigenvalue weighted by atomic mass is 35.5. The van der Waals surface area contributed by atoms with Crippen molar-refractivity contribution in [2.24, 2.45) is 5.92 Å². The number of hydrogen-bond acceptors (Lipinski definition) is 3. The highest BCUT2D eigenvalue weighted by Gasteiger charge is 2.34. The van der Waals surface area contributed by atoms with Gasteiger partial charge in [-0.3, -0.25) is 19.3 Å². The monoisotopic (exact) mass is 445 g/mol. The van der Waals surface area contributed by atoms with Crippen LogP contribution in [-0.4, -0.2) is 53.8 Å². The maximum atomic E-state index is 14.1. The van der Waals surface area contributed by atoms with E-state index < -0.39 is 11.7 Å². The largest absolute Gasteiger partial charge is 0.329 e. The predicted molar refractivity (Wildman–Crippen MR) is 117 cm³/mol. The average molecular weight is 446 g/mol. The van der Waals surface area contributed by atoms with E-state index in [2.05, 4.69) is 0 Å². The summed E-state index contributed by atoms with van der Waals surface area (Å²) in [5.41, 5.74) is 1.32. The molecule has 0 atom stereocenters. The molecule has 0 spiro atoms. The standard InChI is InChI=1S/C23H25ClFN3O3/c1-15(2)11-26(23(31)17-7-4-5-9-19(17)25)12-21(29)27-13-22(30)28(14-27)20-10-6-8-18(24)16(20)3/h4-10,15H,11-14H2,1-3H3. The molecule has 3 rings (SSSR count). The first-order valence-electron chi connectivity index (χ1n) is 10.1. The lowest BCUT2D eigenvalue weighted by atomic mass is 10.1. The van der Waals surface area contributed by atoms with Gasteiger partial charge >= 0.3 is 0 Å². The summed E-state index contributed by atoms with van der Waals surface area (Å²) in [5, 5.41) is 0.536. The molecule has 1 aliphatic heterocycles. The summed E-state index contributed by atoms with van der Waals surface area (Å²) in [5.74, 6) is -1.70. The third-order valence-corrected chi connectivity index (χ3v) is 5.53. The summed E-state index contributed by atoms with van der Waals surface area (Å²) in [7, 11) is 0. The van der Waals surface area contributed by atoms with Gasteiger partial charge in [0.15, 0.2) is 0 Å². The minimum atomic E-state index is -0.632. The molecular formula is C23H25ClFN3O3. The Morgan fingerprint density at radius 2 is 1.87 bits per heavy atom. The van der Waals surface area contributed by atoms with Gasteiger partial charge in [0.25, 0.3) is 5.91 Å². The Hall–Kier alpha value is -2.93. The first-order chi connectivity index (χ1) is 14.7. The predicted octanol–water partition coefficient (Wildman–Crippen LogP) is 3.72. The minimum Gasteiger partial charge on any atom is -0.329 e. The van der Waals surface area contributed by atoms with Crippen molar-refractivity contribution in [3.05, 3.63) is 64.4 Å². The Bertz CT molecular complexity index is 1010. The molecule has 2 aromatic rings. The number of carbonyl (C=O) groups is 3. The van der Waals surface area contributed by atoms with Crippen LogP contribution in [0.1, 0.15) is 29.8 Å². The van der Waals surface area contributed by atoms with Gasteiger partial charge < -0.3 is 9.80 Å². The zero-order valence-electron chi connectivity index (χ0n) is 17.8. The summed E-state index contributed by atoms with van der Waals surface area (Å²) in [6.45, 7) is 5.67. The number of carbonyl (C=O) groups excluding carboxylic acids is 3. The fourth-order valence-electron chi connectivity index (χ4n) is 3.54.